The van der Waals surface area contributed by atoms with Crippen LogP contribution in [0.4, 0.5) is 4.39 Å². The first kappa shape index (κ1) is 14.1. The second-order valence-corrected chi connectivity index (χ2v) is 3.85. The summed E-state index contributed by atoms with van der Waals surface area (Å²) in [6.45, 7) is 1.93. The van der Waals surface area contributed by atoms with E-state index >= 15 is 0 Å². The number of nitrogens with one attached hydrogen (secondary N) is 1. The van der Waals surface area contributed by atoms with Gasteiger partial charge in [0.1, 0.15) is 11.7 Å². The van der Waals surface area contributed by atoms with Crippen molar-refractivity contribution in [3.8, 4) is 0 Å². The van der Waals surface area contributed by atoms with Crippen molar-refractivity contribution in [2.24, 2.45) is 0 Å². The van der Waals surface area contributed by atoms with Gasteiger partial charge in [0, 0.05) is 0 Å². The molecule has 1 unspecified atom stereocenters. The first-order valence-corrected chi connectivity index (χ1v) is 5.70. The number of halogens is 1. The average Bonchev–Trinajstić information content (AvgIpc) is 2.33. The van der Waals surface area contributed by atoms with Crippen molar-refractivity contribution < 1.29 is 19.1 Å². The lowest BCUT2D eigenvalue weighted by atomic mass is 10.1. The van der Waals surface area contributed by atoms with Crippen LogP contribution in [0.3, 0.4) is 0 Å². The zero-order chi connectivity index (χ0) is 13.5. The molecular formula is C12H15FN2O3. The predicted octanol–water partition coefficient (Wildman–Crippen LogP) is 1.59. The molecule has 2 N–H and O–H groups in total. The molecule has 1 amide bonds. The fourth-order valence-corrected chi connectivity index (χ4v) is 1.43. The van der Waals surface area contributed by atoms with Gasteiger partial charge >= 0.3 is 5.97 Å². The molecule has 18 heavy (non-hydrogen) atoms. The van der Waals surface area contributed by atoms with E-state index in [0.29, 0.717) is 12.8 Å². The van der Waals surface area contributed by atoms with E-state index in [0.717, 1.165) is 12.5 Å². The van der Waals surface area contributed by atoms with Gasteiger partial charge in [0.05, 0.1) is 0 Å². The highest BCUT2D eigenvalue weighted by Gasteiger charge is 2.20. The van der Waals surface area contributed by atoms with Crippen molar-refractivity contribution in [2.45, 2.75) is 32.2 Å². The molecule has 0 spiro atoms. The lowest BCUT2D eigenvalue weighted by molar-refractivity contribution is -0.139. The van der Waals surface area contributed by atoms with Gasteiger partial charge in [-0.2, -0.15) is 4.39 Å². The van der Waals surface area contributed by atoms with Crippen LogP contribution < -0.4 is 5.32 Å². The smallest absolute Gasteiger partial charge is 0.326 e. The van der Waals surface area contributed by atoms with E-state index in [1.807, 2.05) is 6.92 Å². The number of carboxylic acids is 1. The minimum Gasteiger partial charge on any atom is -0.480 e. The summed E-state index contributed by atoms with van der Waals surface area (Å²) in [7, 11) is 0. The standard InChI is InChI=1S/C12H15FN2O3/c1-2-3-5-9(12(17)18)15-11(16)8-6-4-7-10(13)14-8/h4,6-7,9H,2-3,5H2,1H3,(H,15,16)(H,17,18). The molecule has 0 aliphatic rings. The van der Waals surface area contributed by atoms with Gasteiger partial charge in [-0.05, 0) is 18.6 Å². The Labute approximate surface area is 104 Å². The number of aromatic nitrogens is 1. The number of amides is 1. The van der Waals surface area contributed by atoms with Crippen molar-refractivity contribution >= 4 is 11.9 Å². The number of carbonyl (C=O) groups excluding carboxylic acids is 1. The molecule has 0 saturated heterocycles. The molecule has 0 aromatic carbocycles. The van der Waals surface area contributed by atoms with Crippen LogP contribution >= 0.6 is 0 Å². The molecule has 1 aromatic heterocycles. The summed E-state index contributed by atoms with van der Waals surface area (Å²) in [5, 5.41) is 11.3. The van der Waals surface area contributed by atoms with Crippen LogP contribution in [0.25, 0.3) is 0 Å². The van der Waals surface area contributed by atoms with E-state index < -0.39 is 23.9 Å². The Morgan fingerprint density at radius 2 is 2.22 bits per heavy atom. The summed E-state index contributed by atoms with van der Waals surface area (Å²) in [6, 6.07) is 2.82. The van der Waals surface area contributed by atoms with Gasteiger partial charge in [0.25, 0.3) is 5.91 Å². The largest absolute Gasteiger partial charge is 0.480 e. The Morgan fingerprint density at radius 1 is 1.50 bits per heavy atom. The van der Waals surface area contributed by atoms with Crippen molar-refractivity contribution in [3.63, 3.8) is 0 Å². The van der Waals surface area contributed by atoms with Crippen LogP contribution in [0.15, 0.2) is 18.2 Å². The molecule has 0 aliphatic carbocycles. The molecule has 0 radical (unpaired) electrons. The lowest BCUT2D eigenvalue weighted by Crippen LogP contribution is -2.41. The first-order valence-electron chi connectivity index (χ1n) is 5.70. The third kappa shape index (κ3) is 4.12. The summed E-state index contributed by atoms with van der Waals surface area (Å²) in [4.78, 5) is 26.0. The Morgan fingerprint density at radius 3 is 2.78 bits per heavy atom. The first-order chi connectivity index (χ1) is 8.54. The Balaban J connectivity index is 2.69. The molecule has 0 saturated carbocycles. The Bertz CT molecular complexity index is 437. The summed E-state index contributed by atoms with van der Waals surface area (Å²) < 4.78 is 12.8. The fourth-order valence-electron chi connectivity index (χ4n) is 1.43. The molecule has 5 nitrogen and oxygen atoms in total. The number of carboxylic acid groups (broad SMARTS) is 1. The third-order valence-corrected chi connectivity index (χ3v) is 2.40. The molecule has 1 aromatic rings. The van der Waals surface area contributed by atoms with Gasteiger partial charge in [-0.3, -0.25) is 4.79 Å². The molecule has 0 aliphatic heterocycles. The van der Waals surface area contributed by atoms with Crippen LogP contribution in [0.1, 0.15) is 36.7 Å². The third-order valence-electron chi connectivity index (χ3n) is 2.40. The zero-order valence-corrected chi connectivity index (χ0v) is 10.0. The van der Waals surface area contributed by atoms with E-state index in [-0.39, 0.29) is 5.69 Å². The van der Waals surface area contributed by atoms with Gasteiger partial charge in [0.15, 0.2) is 0 Å². The molecule has 6 heteroatoms. The summed E-state index contributed by atoms with van der Waals surface area (Å²) >= 11 is 0. The van der Waals surface area contributed by atoms with E-state index in [9.17, 15) is 14.0 Å². The predicted molar refractivity (Wildman–Crippen MR) is 62.6 cm³/mol. The average molecular weight is 254 g/mol. The summed E-state index contributed by atoms with van der Waals surface area (Å²) in [5.74, 6) is -2.56. The van der Waals surface area contributed by atoms with Crippen LogP contribution in [0.5, 0.6) is 0 Å². The van der Waals surface area contributed by atoms with Crippen molar-refractivity contribution in [2.75, 3.05) is 0 Å². The molecule has 98 valence electrons. The Kier molecular flexibility index (Phi) is 5.23. The van der Waals surface area contributed by atoms with Crippen LogP contribution in [-0.2, 0) is 4.79 Å². The van der Waals surface area contributed by atoms with Crippen LogP contribution in [-0.4, -0.2) is 28.0 Å². The van der Waals surface area contributed by atoms with E-state index in [1.54, 1.807) is 0 Å². The van der Waals surface area contributed by atoms with Crippen molar-refractivity contribution in [3.05, 3.63) is 29.8 Å². The van der Waals surface area contributed by atoms with Crippen molar-refractivity contribution in [1.29, 1.82) is 0 Å². The second-order valence-electron chi connectivity index (χ2n) is 3.85. The van der Waals surface area contributed by atoms with Gasteiger partial charge in [-0.1, -0.05) is 25.8 Å². The molecule has 1 heterocycles. The van der Waals surface area contributed by atoms with Crippen LogP contribution in [0.2, 0.25) is 0 Å². The monoisotopic (exact) mass is 254 g/mol. The van der Waals surface area contributed by atoms with Crippen molar-refractivity contribution in [1.82, 2.24) is 10.3 Å². The van der Waals surface area contributed by atoms with E-state index in [4.69, 9.17) is 5.11 Å². The fraction of sp³-hybridized carbons (Fsp3) is 0.417. The topological polar surface area (TPSA) is 79.3 Å². The van der Waals surface area contributed by atoms with Gasteiger partial charge in [-0.25, -0.2) is 9.78 Å². The number of pyridine rings is 1. The maximum absolute atomic E-state index is 12.8. The quantitative estimate of drug-likeness (QED) is 0.755. The molecule has 1 atom stereocenters. The highest BCUT2D eigenvalue weighted by Crippen LogP contribution is 2.03. The van der Waals surface area contributed by atoms with E-state index in [1.165, 1.54) is 12.1 Å². The second kappa shape index (κ2) is 6.68. The summed E-state index contributed by atoms with van der Waals surface area (Å²) in [5.41, 5.74) is -0.127. The number of rotatable bonds is 6. The van der Waals surface area contributed by atoms with Gasteiger partial charge in [-0.15, -0.1) is 0 Å². The molecule has 0 bridgehead atoms. The SMILES string of the molecule is CCCCC(NC(=O)c1cccc(F)n1)C(=O)O. The molecule has 1 rings (SSSR count). The number of carbonyl (C=O) groups is 2. The number of aliphatic carboxylic acids is 1. The zero-order valence-electron chi connectivity index (χ0n) is 10.0. The van der Waals surface area contributed by atoms with E-state index in [2.05, 4.69) is 10.3 Å². The highest BCUT2D eigenvalue weighted by molar-refractivity contribution is 5.94. The minimum absolute atomic E-state index is 0.127. The van der Waals surface area contributed by atoms with Crippen LogP contribution in [0, 0.1) is 5.95 Å². The minimum atomic E-state index is -1.10. The van der Waals surface area contributed by atoms with Gasteiger partial charge < -0.3 is 10.4 Å². The maximum atomic E-state index is 12.8. The number of nitrogens with zero attached hydrogens (tertiary/aromatic N) is 1. The molecule has 0 fully saturated rings. The number of hydrogen-bond donors (Lipinski definition) is 2. The summed E-state index contributed by atoms with van der Waals surface area (Å²) in [6.07, 6.45) is 1.86. The maximum Gasteiger partial charge on any atom is 0.326 e. The molecular weight excluding hydrogens is 239 g/mol. The lowest BCUT2D eigenvalue weighted by Gasteiger charge is -2.13. The number of hydrogen-bond acceptors (Lipinski definition) is 3. The Hall–Kier alpha value is -1.98. The number of unbranched alkanes of at least 4 members (excludes halogenated alkanes) is 1. The van der Waals surface area contributed by atoms with Gasteiger partial charge in [0.2, 0.25) is 5.95 Å². The highest BCUT2D eigenvalue weighted by atomic mass is 19.1. The normalized spacial score (nSPS) is 11.9.